The predicted octanol–water partition coefficient (Wildman–Crippen LogP) is 4.09. The second kappa shape index (κ2) is 8.96. The lowest BCUT2D eigenvalue weighted by Crippen LogP contribution is -2.17. The molecule has 0 aliphatic heterocycles. The smallest absolute Gasteiger partial charge is 0.249 e. The van der Waals surface area contributed by atoms with Gasteiger partial charge in [0.25, 0.3) is 0 Å². The van der Waals surface area contributed by atoms with E-state index in [0.29, 0.717) is 0 Å². The molecular weight excluding hydrogens is 365 g/mol. The number of halogens is 3. The van der Waals surface area contributed by atoms with Crippen LogP contribution < -0.4 is 5.11 Å². The highest BCUT2D eigenvalue weighted by Gasteiger charge is 2.35. The monoisotopic (exact) mass is 378 g/mol. The Kier molecular flexibility index (Phi) is 6.68. The van der Waals surface area contributed by atoms with Gasteiger partial charge in [0.1, 0.15) is 16.7 Å². The van der Waals surface area contributed by atoms with E-state index in [-0.39, 0.29) is 4.90 Å². The normalized spacial score (nSPS) is 10.2. The molecule has 0 radical (unpaired) electrons. The summed E-state index contributed by atoms with van der Waals surface area (Å²) in [7, 11) is -0.963. The van der Waals surface area contributed by atoms with Gasteiger partial charge in [-0.05, 0) is 24.3 Å². The maximum atomic E-state index is 14.3. The van der Waals surface area contributed by atoms with Crippen molar-refractivity contribution in [3.05, 3.63) is 90.2 Å². The summed E-state index contributed by atoms with van der Waals surface area (Å²) in [5, 5.41) is 15.3. The van der Waals surface area contributed by atoms with E-state index < -0.39 is 34.5 Å². The van der Waals surface area contributed by atoms with Crippen LogP contribution in [0.4, 0.5) is 18.0 Å². The van der Waals surface area contributed by atoms with Gasteiger partial charge in [0.15, 0.2) is 21.4 Å². The van der Waals surface area contributed by atoms with Gasteiger partial charge >= 0.3 is 0 Å². The highest BCUT2D eigenvalue weighted by atomic mass is 32.2. The second-order valence-corrected chi connectivity index (χ2v) is 6.86. The van der Waals surface area contributed by atoms with Gasteiger partial charge in [-0.2, -0.15) is 0 Å². The Morgan fingerprint density at radius 2 is 1.15 bits per heavy atom. The Morgan fingerprint density at radius 3 is 1.50 bits per heavy atom. The molecule has 0 spiro atoms. The van der Waals surface area contributed by atoms with Crippen LogP contribution in [0, 0.1) is 17.5 Å². The Balaban J connectivity index is 0.000000552. The molecule has 3 rings (SSSR count). The fourth-order valence-corrected chi connectivity index (χ4v) is 4.32. The van der Waals surface area contributed by atoms with Gasteiger partial charge in [-0.1, -0.05) is 36.4 Å². The van der Waals surface area contributed by atoms with Crippen molar-refractivity contribution in [3.63, 3.8) is 0 Å². The van der Waals surface area contributed by atoms with Crippen molar-refractivity contribution in [1.29, 1.82) is 0 Å². The van der Waals surface area contributed by atoms with Crippen LogP contribution >= 0.6 is 0 Å². The SMILES string of the molecule is Fc1cc(F)c([S+](c2ccccc2)c2ccccc2)c(F)c1.O=C([O-])O. The molecule has 3 aromatic rings. The van der Waals surface area contributed by atoms with Crippen molar-refractivity contribution in [1.82, 2.24) is 0 Å². The van der Waals surface area contributed by atoms with Gasteiger partial charge in [0.2, 0.25) is 11.1 Å². The largest absolute Gasteiger partial charge is 0.565 e. The number of benzene rings is 3. The maximum absolute atomic E-state index is 14.3. The van der Waals surface area contributed by atoms with Crippen molar-refractivity contribution in [2.24, 2.45) is 0 Å². The van der Waals surface area contributed by atoms with Gasteiger partial charge < -0.3 is 15.0 Å². The Bertz CT molecular complexity index is 807. The van der Waals surface area contributed by atoms with Crippen molar-refractivity contribution in [2.75, 3.05) is 0 Å². The zero-order valence-electron chi connectivity index (χ0n) is 13.2. The van der Waals surface area contributed by atoms with Crippen LogP contribution in [0.3, 0.4) is 0 Å². The summed E-state index contributed by atoms with van der Waals surface area (Å²) >= 11 is 0. The summed E-state index contributed by atoms with van der Waals surface area (Å²) < 4.78 is 41.7. The lowest BCUT2D eigenvalue weighted by Gasteiger charge is -2.09. The molecule has 0 saturated heterocycles. The summed E-state index contributed by atoms with van der Waals surface area (Å²) in [6.45, 7) is 0. The lowest BCUT2D eigenvalue weighted by molar-refractivity contribution is -0.275. The van der Waals surface area contributed by atoms with Gasteiger partial charge in [0.05, 0.1) is 0 Å². The quantitative estimate of drug-likeness (QED) is 0.699. The van der Waals surface area contributed by atoms with E-state index in [0.717, 1.165) is 21.9 Å². The van der Waals surface area contributed by atoms with E-state index in [2.05, 4.69) is 0 Å². The molecule has 0 aliphatic rings. The highest BCUT2D eigenvalue weighted by Crippen LogP contribution is 2.34. The van der Waals surface area contributed by atoms with Crippen LogP contribution in [-0.2, 0) is 10.9 Å². The van der Waals surface area contributed by atoms with E-state index in [1.807, 2.05) is 60.7 Å². The molecule has 0 amide bonds. The van der Waals surface area contributed by atoms with Crippen molar-refractivity contribution in [3.8, 4) is 0 Å². The van der Waals surface area contributed by atoms with Crippen molar-refractivity contribution >= 4 is 17.1 Å². The molecule has 0 unspecified atom stereocenters. The second-order valence-electron chi connectivity index (χ2n) is 4.90. The van der Waals surface area contributed by atoms with Crippen LogP contribution in [-0.4, -0.2) is 11.3 Å². The van der Waals surface area contributed by atoms with E-state index in [1.165, 1.54) is 0 Å². The lowest BCUT2D eigenvalue weighted by atomic mass is 10.3. The standard InChI is InChI=1S/C18H12F3S.CH2O3/c19-13-11-16(20)18(17(21)12-13)22(14-7-3-1-4-8-14)15-9-5-2-6-10-15;2-1(3)4/h1-12H;(H2,2,3,4)/q+1;/p-1. The molecule has 7 heteroatoms. The number of hydrogen-bond donors (Lipinski definition) is 1. The molecule has 0 heterocycles. The molecule has 3 nitrogen and oxygen atoms in total. The maximum Gasteiger partial charge on any atom is 0.249 e. The van der Waals surface area contributed by atoms with Crippen LogP contribution in [0.25, 0.3) is 0 Å². The third kappa shape index (κ3) is 5.03. The molecule has 0 aromatic heterocycles. The third-order valence-electron chi connectivity index (χ3n) is 3.12. The summed E-state index contributed by atoms with van der Waals surface area (Å²) in [6.07, 6.45) is -2.08. The molecule has 0 saturated carbocycles. The fourth-order valence-electron chi connectivity index (χ4n) is 2.21. The minimum Gasteiger partial charge on any atom is -0.565 e. The zero-order valence-corrected chi connectivity index (χ0v) is 14.1. The highest BCUT2D eigenvalue weighted by molar-refractivity contribution is 7.97. The first kappa shape index (κ1) is 19.4. The molecule has 0 fully saturated rings. The molecule has 134 valence electrons. The Labute approximate surface area is 150 Å². The first-order valence-corrected chi connectivity index (χ1v) is 8.51. The first-order chi connectivity index (χ1) is 12.4. The molecular formula is C19H13F3O3S. The van der Waals surface area contributed by atoms with Crippen molar-refractivity contribution < 1.29 is 28.2 Å². The third-order valence-corrected chi connectivity index (χ3v) is 5.41. The topological polar surface area (TPSA) is 60.4 Å². The Morgan fingerprint density at radius 1 is 0.808 bits per heavy atom. The number of carboxylic acid groups (broad SMARTS) is 2. The fraction of sp³-hybridized carbons (Fsp3) is 0. The zero-order chi connectivity index (χ0) is 19.1. The van der Waals surface area contributed by atoms with E-state index in [4.69, 9.17) is 15.0 Å². The summed E-state index contributed by atoms with van der Waals surface area (Å²) in [4.78, 5) is 9.88. The predicted molar refractivity (Wildman–Crippen MR) is 89.4 cm³/mol. The summed E-state index contributed by atoms with van der Waals surface area (Å²) in [5.74, 6) is -2.65. The first-order valence-electron chi connectivity index (χ1n) is 7.29. The molecule has 26 heavy (non-hydrogen) atoms. The summed E-state index contributed by atoms with van der Waals surface area (Å²) in [6, 6.07) is 19.7. The van der Waals surface area contributed by atoms with Gasteiger partial charge in [-0.15, -0.1) is 0 Å². The molecule has 0 atom stereocenters. The van der Waals surface area contributed by atoms with Gasteiger partial charge in [-0.3, -0.25) is 0 Å². The van der Waals surface area contributed by atoms with E-state index >= 15 is 0 Å². The van der Waals surface area contributed by atoms with Crippen molar-refractivity contribution in [2.45, 2.75) is 14.7 Å². The summed E-state index contributed by atoms with van der Waals surface area (Å²) in [5.41, 5.74) is 0. The van der Waals surface area contributed by atoms with Gasteiger partial charge in [-0.25, -0.2) is 13.2 Å². The van der Waals surface area contributed by atoms with Gasteiger partial charge in [0, 0.05) is 12.1 Å². The van der Waals surface area contributed by atoms with E-state index in [1.54, 1.807) is 0 Å². The molecule has 1 N–H and O–H groups in total. The minimum absolute atomic E-state index is 0.112. The van der Waals surface area contributed by atoms with Crippen LogP contribution in [0.2, 0.25) is 0 Å². The number of hydrogen-bond acceptors (Lipinski definition) is 2. The number of carbonyl (C=O) groups is 1. The molecule has 0 aliphatic carbocycles. The van der Waals surface area contributed by atoms with Crippen LogP contribution in [0.15, 0.2) is 87.5 Å². The molecule has 3 aromatic carbocycles. The van der Waals surface area contributed by atoms with Crippen LogP contribution in [0.5, 0.6) is 0 Å². The molecule has 0 bridgehead atoms. The number of rotatable bonds is 3. The minimum atomic E-state index is -2.08. The van der Waals surface area contributed by atoms with Crippen LogP contribution in [0.1, 0.15) is 0 Å². The average molecular weight is 378 g/mol. The average Bonchev–Trinajstić information content (AvgIpc) is 2.59. The Hall–Kier alpha value is -2.93. The van der Waals surface area contributed by atoms with E-state index in [9.17, 15) is 13.2 Å².